The summed E-state index contributed by atoms with van der Waals surface area (Å²) in [5.74, 6) is -0.972. The SMILES string of the molecule is CCCN1CC=C[C@]2(C)S[C@]34C=CCN(C5CCCCC5)C(=O)C3N(CCCCCO)C(=O)[C@@H]4[C@@H]2C1=O. The van der Waals surface area contributed by atoms with Crippen molar-refractivity contribution in [1.29, 1.82) is 0 Å². The number of thioether (sulfide) groups is 1. The molecule has 4 aliphatic heterocycles. The van der Waals surface area contributed by atoms with Crippen molar-refractivity contribution in [2.24, 2.45) is 11.8 Å². The zero-order chi connectivity index (χ0) is 26.2. The van der Waals surface area contributed by atoms with Crippen LogP contribution in [0.2, 0.25) is 0 Å². The number of hydrogen-bond donors (Lipinski definition) is 1. The van der Waals surface area contributed by atoms with E-state index in [1.165, 1.54) is 6.42 Å². The maximum Gasteiger partial charge on any atom is 0.247 e. The first-order valence-corrected chi connectivity index (χ1v) is 15.3. The molecule has 3 amide bonds. The third-order valence-electron chi connectivity index (χ3n) is 9.24. The summed E-state index contributed by atoms with van der Waals surface area (Å²) < 4.78 is -1.28. The first-order valence-electron chi connectivity index (χ1n) is 14.4. The number of likely N-dealkylation sites (tertiary alicyclic amines) is 1. The van der Waals surface area contributed by atoms with E-state index in [1.54, 1.807) is 11.8 Å². The molecule has 5 aliphatic rings. The van der Waals surface area contributed by atoms with E-state index in [2.05, 4.69) is 38.2 Å². The van der Waals surface area contributed by atoms with Crippen LogP contribution in [0, 0.1) is 11.8 Å². The Morgan fingerprint density at radius 1 is 0.919 bits per heavy atom. The summed E-state index contributed by atoms with van der Waals surface area (Å²) in [5.41, 5.74) is 0. The topological polar surface area (TPSA) is 81.2 Å². The third-order valence-corrected chi connectivity index (χ3v) is 11.0. The molecule has 1 saturated carbocycles. The molecule has 0 aromatic heterocycles. The summed E-state index contributed by atoms with van der Waals surface area (Å²) in [7, 11) is 0. The molecule has 1 N–H and O–H groups in total. The van der Waals surface area contributed by atoms with Crippen LogP contribution in [0.15, 0.2) is 24.3 Å². The second-order valence-electron chi connectivity index (χ2n) is 11.7. The number of fused-ring (bicyclic) bond motifs is 2. The van der Waals surface area contributed by atoms with Crippen LogP contribution in [-0.4, -0.2) is 91.9 Å². The van der Waals surface area contributed by atoms with E-state index in [-0.39, 0.29) is 30.4 Å². The minimum Gasteiger partial charge on any atom is -0.396 e. The van der Waals surface area contributed by atoms with Gasteiger partial charge in [-0.1, -0.05) is 50.5 Å². The average Bonchev–Trinajstić information content (AvgIpc) is 3.15. The van der Waals surface area contributed by atoms with Crippen molar-refractivity contribution >= 4 is 29.5 Å². The standard InChI is InChI=1S/C29H43N3O4S/c1-3-16-30-17-10-14-28(2)22(25(30)34)23-26(35)32(18-8-5-9-20-33)24-27(36)31(21-12-6-4-7-13-21)19-11-15-29(23,24)37-28/h10-11,14-15,21-24,33H,3-9,12-13,16-20H2,1-2H3/t22-,23+,24?,28+,29+/m1/s1. The van der Waals surface area contributed by atoms with Gasteiger partial charge in [0.15, 0.2) is 0 Å². The predicted molar refractivity (Wildman–Crippen MR) is 146 cm³/mol. The molecule has 4 heterocycles. The Morgan fingerprint density at radius 2 is 1.68 bits per heavy atom. The van der Waals surface area contributed by atoms with Gasteiger partial charge >= 0.3 is 0 Å². The lowest BCUT2D eigenvalue weighted by molar-refractivity contribution is -0.145. The van der Waals surface area contributed by atoms with Gasteiger partial charge in [0.2, 0.25) is 17.7 Å². The van der Waals surface area contributed by atoms with Gasteiger partial charge in [0.25, 0.3) is 0 Å². The fourth-order valence-electron chi connectivity index (χ4n) is 7.59. The van der Waals surface area contributed by atoms with Gasteiger partial charge in [0, 0.05) is 43.6 Å². The molecule has 5 atom stereocenters. The monoisotopic (exact) mass is 529 g/mol. The van der Waals surface area contributed by atoms with Crippen LogP contribution in [0.1, 0.15) is 71.6 Å². The van der Waals surface area contributed by atoms with Gasteiger partial charge in [-0.3, -0.25) is 14.4 Å². The first kappa shape index (κ1) is 26.8. The van der Waals surface area contributed by atoms with Gasteiger partial charge in [0.05, 0.1) is 16.6 Å². The van der Waals surface area contributed by atoms with Crippen LogP contribution in [0.3, 0.4) is 0 Å². The Morgan fingerprint density at radius 3 is 2.41 bits per heavy atom. The average molecular weight is 530 g/mol. The highest BCUT2D eigenvalue weighted by Gasteiger charge is 2.73. The number of nitrogens with zero attached hydrogens (tertiary/aromatic N) is 3. The minimum atomic E-state index is -0.747. The minimum absolute atomic E-state index is 0.0428. The number of aliphatic hydroxyl groups is 1. The molecule has 5 rings (SSSR count). The highest BCUT2D eigenvalue weighted by atomic mass is 32.2. The number of carbonyl (C=O) groups is 3. The number of hydrogen-bond acceptors (Lipinski definition) is 5. The lowest BCUT2D eigenvalue weighted by Crippen LogP contribution is -2.55. The molecule has 8 heteroatoms. The highest BCUT2D eigenvalue weighted by Crippen LogP contribution is 2.65. The summed E-state index contributed by atoms with van der Waals surface area (Å²) in [4.78, 5) is 48.6. The number of unbranched alkanes of at least 4 members (excludes halogenated alkanes) is 2. The predicted octanol–water partition coefficient (Wildman–Crippen LogP) is 3.38. The molecule has 37 heavy (non-hydrogen) atoms. The molecular formula is C29H43N3O4S. The number of rotatable bonds is 8. The summed E-state index contributed by atoms with van der Waals surface area (Å²) in [6.07, 6.45) is 17.1. The van der Waals surface area contributed by atoms with Crippen LogP contribution >= 0.6 is 11.8 Å². The molecule has 204 valence electrons. The van der Waals surface area contributed by atoms with E-state index in [1.807, 2.05) is 14.7 Å². The third kappa shape index (κ3) is 4.46. The second kappa shape index (κ2) is 10.8. The lowest BCUT2D eigenvalue weighted by atomic mass is 9.74. The molecule has 3 fully saturated rings. The number of carbonyl (C=O) groups excluding carboxylic acids is 3. The van der Waals surface area contributed by atoms with Crippen molar-refractivity contribution in [2.75, 3.05) is 32.8 Å². The quantitative estimate of drug-likeness (QED) is 0.385. The number of aliphatic hydroxyl groups excluding tert-OH is 1. The Kier molecular flexibility index (Phi) is 7.79. The summed E-state index contributed by atoms with van der Waals surface area (Å²) >= 11 is 1.68. The van der Waals surface area contributed by atoms with Crippen LogP contribution < -0.4 is 0 Å². The largest absolute Gasteiger partial charge is 0.396 e. The molecule has 1 spiro atoms. The molecule has 1 unspecified atom stereocenters. The maximum atomic E-state index is 14.5. The zero-order valence-electron chi connectivity index (χ0n) is 22.4. The normalized spacial score (nSPS) is 36.0. The Balaban J connectivity index is 1.55. The molecule has 7 nitrogen and oxygen atoms in total. The molecular weight excluding hydrogens is 486 g/mol. The Bertz CT molecular complexity index is 963. The smallest absolute Gasteiger partial charge is 0.247 e. The van der Waals surface area contributed by atoms with E-state index < -0.39 is 27.4 Å². The van der Waals surface area contributed by atoms with Crippen LogP contribution in [0.5, 0.6) is 0 Å². The van der Waals surface area contributed by atoms with E-state index in [0.717, 1.165) is 44.9 Å². The molecule has 0 aromatic carbocycles. The Hall–Kier alpha value is -1.80. The Labute approximate surface area is 225 Å². The van der Waals surface area contributed by atoms with E-state index in [9.17, 15) is 19.5 Å². The van der Waals surface area contributed by atoms with Gasteiger partial charge in [0.1, 0.15) is 6.04 Å². The molecule has 2 saturated heterocycles. The van der Waals surface area contributed by atoms with Gasteiger partial charge in [-0.15, -0.1) is 11.8 Å². The fourth-order valence-corrected chi connectivity index (χ4v) is 9.75. The van der Waals surface area contributed by atoms with Crippen molar-refractivity contribution in [1.82, 2.24) is 14.7 Å². The summed E-state index contributed by atoms with van der Waals surface area (Å²) in [5, 5.41) is 9.27. The zero-order valence-corrected chi connectivity index (χ0v) is 23.3. The van der Waals surface area contributed by atoms with Gasteiger partial charge in [-0.05, 0) is 45.4 Å². The number of amides is 3. The molecule has 1 aliphatic carbocycles. The van der Waals surface area contributed by atoms with Crippen molar-refractivity contribution in [3.05, 3.63) is 24.3 Å². The van der Waals surface area contributed by atoms with Gasteiger partial charge in [-0.2, -0.15) is 0 Å². The van der Waals surface area contributed by atoms with Crippen molar-refractivity contribution in [2.45, 2.75) is 93.2 Å². The van der Waals surface area contributed by atoms with Gasteiger partial charge < -0.3 is 19.8 Å². The fraction of sp³-hybridized carbons (Fsp3) is 0.759. The highest BCUT2D eigenvalue weighted by molar-refractivity contribution is 8.02. The van der Waals surface area contributed by atoms with Crippen molar-refractivity contribution < 1.29 is 19.5 Å². The van der Waals surface area contributed by atoms with E-state index in [4.69, 9.17) is 0 Å². The van der Waals surface area contributed by atoms with Gasteiger partial charge in [-0.25, -0.2) is 0 Å². The molecule has 0 radical (unpaired) electrons. The van der Waals surface area contributed by atoms with Crippen molar-refractivity contribution in [3.63, 3.8) is 0 Å². The maximum absolute atomic E-state index is 14.5. The van der Waals surface area contributed by atoms with Crippen LogP contribution in [0.4, 0.5) is 0 Å². The van der Waals surface area contributed by atoms with Crippen LogP contribution in [-0.2, 0) is 14.4 Å². The van der Waals surface area contributed by atoms with E-state index in [0.29, 0.717) is 32.6 Å². The van der Waals surface area contributed by atoms with Crippen molar-refractivity contribution in [3.8, 4) is 0 Å². The summed E-state index contributed by atoms with van der Waals surface area (Å²) in [6, 6.07) is -0.366. The first-order chi connectivity index (χ1) is 17.9. The van der Waals surface area contributed by atoms with Crippen LogP contribution in [0.25, 0.3) is 0 Å². The second-order valence-corrected chi connectivity index (χ2v) is 13.5. The molecule has 0 bridgehead atoms. The summed E-state index contributed by atoms with van der Waals surface area (Å²) in [6.45, 7) is 6.62. The van der Waals surface area contributed by atoms with E-state index >= 15 is 0 Å². The molecule has 0 aromatic rings. The lowest BCUT2D eigenvalue weighted by Gasteiger charge is -2.40.